The summed E-state index contributed by atoms with van der Waals surface area (Å²) in [7, 11) is 0. The van der Waals surface area contributed by atoms with E-state index in [2.05, 4.69) is 31.2 Å². The zero-order valence-electron chi connectivity index (χ0n) is 17.4. The maximum absolute atomic E-state index is 14.0. The van der Waals surface area contributed by atoms with E-state index in [0.717, 1.165) is 56.6 Å². The van der Waals surface area contributed by atoms with Gasteiger partial charge in [0.1, 0.15) is 5.82 Å². The molecule has 0 aliphatic heterocycles. The first-order chi connectivity index (χ1) is 14.4. The molecule has 30 heavy (non-hydrogen) atoms. The van der Waals surface area contributed by atoms with E-state index < -0.39 is 17.6 Å². The summed E-state index contributed by atoms with van der Waals surface area (Å²) in [5.74, 6) is -0.345. The molecule has 0 saturated carbocycles. The molecule has 0 saturated heterocycles. The number of hydrogen-bond acceptors (Lipinski definition) is 0. The van der Waals surface area contributed by atoms with Crippen molar-refractivity contribution >= 4 is 0 Å². The Hall–Kier alpha value is -2.10. The van der Waals surface area contributed by atoms with Gasteiger partial charge in [0.05, 0.1) is 5.56 Å². The van der Waals surface area contributed by atoms with Crippen molar-refractivity contribution < 1.29 is 17.6 Å². The summed E-state index contributed by atoms with van der Waals surface area (Å²) in [4.78, 5) is 0. The molecule has 0 amide bonds. The van der Waals surface area contributed by atoms with Crippen LogP contribution in [0.3, 0.4) is 0 Å². The summed E-state index contributed by atoms with van der Waals surface area (Å²) in [5, 5.41) is 0. The molecule has 0 bridgehead atoms. The molecule has 2 aliphatic carbocycles. The van der Waals surface area contributed by atoms with Gasteiger partial charge in [0, 0.05) is 0 Å². The monoisotopic (exact) mass is 416 g/mol. The average molecular weight is 417 g/mol. The predicted molar refractivity (Wildman–Crippen MR) is 112 cm³/mol. The van der Waals surface area contributed by atoms with Gasteiger partial charge in [-0.05, 0) is 110 Å². The summed E-state index contributed by atoms with van der Waals surface area (Å²) >= 11 is 0. The number of halogens is 4. The zero-order valence-corrected chi connectivity index (χ0v) is 17.4. The van der Waals surface area contributed by atoms with Gasteiger partial charge in [-0.25, -0.2) is 4.39 Å². The minimum absolute atomic E-state index is 0.0736. The van der Waals surface area contributed by atoms with Crippen LogP contribution in [0.25, 0.3) is 0 Å². The fraction of sp³-hybridized carbons (Fsp3) is 0.462. The molecule has 0 nitrogen and oxygen atoms in total. The average Bonchev–Trinajstić information content (AvgIpc) is 2.72. The third kappa shape index (κ3) is 4.33. The lowest BCUT2D eigenvalue weighted by Crippen LogP contribution is -2.21. The van der Waals surface area contributed by atoms with E-state index in [4.69, 9.17) is 0 Å². The fourth-order valence-electron chi connectivity index (χ4n) is 5.29. The number of alkyl halides is 3. The van der Waals surface area contributed by atoms with Crippen molar-refractivity contribution in [3.8, 4) is 0 Å². The smallest absolute Gasteiger partial charge is 0.206 e. The molecule has 0 radical (unpaired) electrons. The van der Waals surface area contributed by atoms with Crippen molar-refractivity contribution in [2.45, 2.75) is 70.4 Å². The zero-order chi connectivity index (χ0) is 21.3. The summed E-state index contributed by atoms with van der Waals surface area (Å²) in [5.41, 5.74) is 5.21. The lowest BCUT2D eigenvalue weighted by Gasteiger charge is -2.32. The van der Waals surface area contributed by atoms with Gasteiger partial charge < -0.3 is 0 Å². The van der Waals surface area contributed by atoms with Gasteiger partial charge in [-0.15, -0.1) is 0 Å². The molecule has 0 spiro atoms. The van der Waals surface area contributed by atoms with Gasteiger partial charge in [0.2, 0.25) is 0 Å². The second kappa shape index (κ2) is 8.56. The maximum atomic E-state index is 14.0. The summed E-state index contributed by atoms with van der Waals surface area (Å²) in [6.07, 6.45) is 8.16. The van der Waals surface area contributed by atoms with E-state index >= 15 is 0 Å². The molecule has 0 fully saturated rings. The van der Waals surface area contributed by atoms with Crippen molar-refractivity contribution in [1.82, 2.24) is 0 Å². The van der Waals surface area contributed by atoms with E-state index in [1.54, 1.807) is 0 Å². The van der Waals surface area contributed by atoms with E-state index in [-0.39, 0.29) is 5.92 Å². The van der Waals surface area contributed by atoms with Crippen molar-refractivity contribution in [2.24, 2.45) is 5.92 Å². The Morgan fingerprint density at radius 1 is 0.967 bits per heavy atom. The maximum Gasteiger partial charge on any atom is 0.419 e. The van der Waals surface area contributed by atoms with Crippen LogP contribution in [0.4, 0.5) is 17.6 Å². The SMILES string of the molecule is C/C=C/CC[C@H]1CCc2c(ccc3c2CC[C@H](c2ccc(C(F)(F)F)c(F)c2)C3)C1. The number of benzene rings is 2. The molecule has 160 valence electrons. The first-order valence-electron chi connectivity index (χ1n) is 11.0. The quantitative estimate of drug-likeness (QED) is 0.356. The minimum atomic E-state index is -4.65. The minimum Gasteiger partial charge on any atom is -0.206 e. The molecule has 0 heterocycles. The van der Waals surface area contributed by atoms with Crippen LogP contribution in [0.5, 0.6) is 0 Å². The Morgan fingerprint density at radius 3 is 2.33 bits per heavy atom. The normalized spacial score (nSPS) is 21.5. The van der Waals surface area contributed by atoms with E-state index in [0.29, 0.717) is 5.56 Å². The highest BCUT2D eigenvalue weighted by Crippen LogP contribution is 2.40. The first-order valence-corrected chi connectivity index (χ1v) is 11.0. The lowest BCUT2D eigenvalue weighted by molar-refractivity contribution is -0.140. The van der Waals surface area contributed by atoms with Crippen LogP contribution in [-0.2, 0) is 31.9 Å². The Bertz CT molecular complexity index is 939. The van der Waals surface area contributed by atoms with Crippen molar-refractivity contribution in [3.63, 3.8) is 0 Å². The second-order valence-corrected chi connectivity index (χ2v) is 8.77. The van der Waals surface area contributed by atoms with Crippen LogP contribution in [0.1, 0.15) is 71.9 Å². The van der Waals surface area contributed by atoms with Gasteiger partial charge in [-0.1, -0.05) is 30.4 Å². The number of fused-ring (bicyclic) bond motifs is 3. The molecule has 2 atom stereocenters. The third-order valence-corrected chi connectivity index (χ3v) is 6.89. The highest BCUT2D eigenvalue weighted by atomic mass is 19.4. The Kier molecular flexibility index (Phi) is 6.04. The standard InChI is InChI=1S/C26H28F4/c1-2-3-4-5-17-6-11-22-20(14-17)7-8-21-15-18(9-12-23(21)22)19-10-13-24(25(27)16-19)26(28,29)30/h2-3,7-8,10,13,16-18H,4-6,9,11-12,14-15H2,1H3/b3-2+/t17-,18-/m0/s1. The van der Waals surface area contributed by atoms with Crippen LogP contribution < -0.4 is 0 Å². The number of rotatable bonds is 4. The Morgan fingerprint density at radius 2 is 1.67 bits per heavy atom. The largest absolute Gasteiger partial charge is 0.419 e. The molecule has 0 unspecified atom stereocenters. The van der Waals surface area contributed by atoms with Crippen molar-refractivity contribution in [1.29, 1.82) is 0 Å². The highest BCUT2D eigenvalue weighted by Gasteiger charge is 2.34. The highest BCUT2D eigenvalue weighted by molar-refractivity contribution is 5.45. The molecule has 2 aromatic rings. The van der Waals surface area contributed by atoms with Gasteiger partial charge in [-0.2, -0.15) is 13.2 Å². The van der Waals surface area contributed by atoms with Crippen molar-refractivity contribution in [3.05, 3.63) is 81.7 Å². The molecule has 2 aromatic carbocycles. The van der Waals surface area contributed by atoms with Crippen LogP contribution in [-0.4, -0.2) is 0 Å². The molecular formula is C26H28F4. The van der Waals surface area contributed by atoms with Gasteiger partial charge >= 0.3 is 6.18 Å². The molecule has 0 N–H and O–H groups in total. The molecule has 4 heteroatoms. The molecular weight excluding hydrogens is 388 g/mol. The lowest BCUT2D eigenvalue weighted by atomic mass is 9.73. The Labute approximate surface area is 176 Å². The summed E-state index contributed by atoms with van der Waals surface area (Å²) in [6, 6.07) is 7.89. The van der Waals surface area contributed by atoms with E-state index in [9.17, 15) is 17.6 Å². The molecule has 0 aromatic heterocycles. The van der Waals surface area contributed by atoms with Crippen LogP contribution >= 0.6 is 0 Å². The van der Waals surface area contributed by atoms with Crippen LogP contribution in [0.2, 0.25) is 0 Å². The summed E-state index contributed by atoms with van der Waals surface area (Å²) in [6.45, 7) is 2.06. The number of hydrogen-bond donors (Lipinski definition) is 0. The van der Waals surface area contributed by atoms with Crippen LogP contribution in [0, 0.1) is 11.7 Å². The van der Waals surface area contributed by atoms with E-state index in [1.807, 2.05) is 0 Å². The Balaban J connectivity index is 1.50. The first kappa shape index (κ1) is 21.1. The van der Waals surface area contributed by atoms with Gasteiger partial charge in [0.25, 0.3) is 0 Å². The number of allylic oxidation sites excluding steroid dienone is 2. The predicted octanol–water partition coefficient (Wildman–Crippen LogP) is 7.58. The summed E-state index contributed by atoms with van der Waals surface area (Å²) < 4.78 is 52.6. The topological polar surface area (TPSA) is 0 Å². The molecule has 2 aliphatic rings. The van der Waals surface area contributed by atoms with Crippen molar-refractivity contribution in [2.75, 3.05) is 0 Å². The fourth-order valence-corrected chi connectivity index (χ4v) is 5.29. The van der Waals surface area contributed by atoms with Gasteiger partial charge in [-0.3, -0.25) is 0 Å². The van der Waals surface area contributed by atoms with Crippen LogP contribution in [0.15, 0.2) is 42.5 Å². The second-order valence-electron chi connectivity index (χ2n) is 8.77. The molecule has 4 rings (SSSR count). The van der Waals surface area contributed by atoms with Gasteiger partial charge in [0.15, 0.2) is 0 Å². The van der Waals surface area contributed by atoms with E-state index in [1.165, 1.54) is 41.2 Å². The third-order valence-electron chi connectivity index (χ3n) is 6.89.